The second kappa shape index (κ2) is 6.38. The van der Waals surface area contributed by atoms with Crippen molar-refractivity contribution in [1.29, 1.82) is 0 Å². The molecule has 0 spiro atoms. The zero-order chi connectivity index (χ0) is 14.7. The van der Waals surface area contributed by atoms with Crippen molar-refractivity contribution in [3.63, 3.8) is 0 Å². The Morgan fingerprint density at radius 1 is 1.05 bits per heavy atom. The van der Waals surface area contributed by atoms with Gasteiger partial charge in [0.15, 0.2) is 0 Å². The summed E-state index contributed by atoms with van der Waals surface area (Å²) >= 11 is 12.0. The van der Waals surface area contributed by atoms with Crippen molar-refractivity contribution in [2.75, 3.05) is 12.4 Å². The Balaban J connectivity index is 2.27. The van der Waals surface area contributed by atoms with E-state index >= 15 is 0 Å². The van der Waals surface area contributed by atoms with E-state index in [9.17, 15) is 0 Å². The van der Waals surface area contributed by atoms with Gasteiger partial charge in [0.25, 0.3) is 0 Å². The summed E-state index contributed by atoms with van der Waals surface area (Å²) in [6, 6.07) is 11.6. The predicted octanol–water partition coefficient (Wildman–Crippen LogP) is 5.48. The third-order valence-corrected chi connectivity index (χ3v) is 3.53. The Kier molecular flexibility index (Phi) is 4.79. The summed E-state index contributed by atoms with van der Waals surface area (Å²) in [7, 11) is 1.68. The van der Waals surface area contributed by atoms with Gasteiger partial charge in [-0.2, -0.15) is 0 Å². The molecule has 0 fully saturated rings. The van der Waals surface area contributed by atoms with Gasteiger partial charge in [-0.1, -0.05) is 40.9 Å². The molecular formula is C16H17Cl2NO. The molecule has 2 aromatic rings. The lowest BCUT2D eigenvalue weighted by atomic mass is 10.0. The Labute approximate surface area is 129 Å². The van der Waals surface area contributed by atoms with Crippen LogP contribution >= 0.6 is 23.2 Å². The van der Waals surface area contributed by atoms with E-state index in [0.717, 1.165) is 17.0 Å². The van der Waals surface area contributed by atoms with Crippen molar-refractivity contribution >= 4 is 28.9 Å². The van der Waals surface area contributed by atoms with E-state index in [1.54, 1.807) is 13.2 Å². The van der Waals surface area contributed by atoms with Crippen molar-refractivity contribution in [2.45, 2.75) is 19.9 Å². The normalized spacial score (nSPS) is 12.1. The minimum atomic E-state index is 0.0828. The van der Waals surface area contributed by atoms with E-state index in [-0.39, 0.29) is 6.04 Å². The van der Waals surface area contributed by atoms with Gasteiger partial charge < -0.3 is 10.1 Å². The van der Waals surface area contributed by atoms with Gasteiger partial charge in [0.1, 0.15) is 5.75 Å². The zero-order valence-corrected chi connectivity index (χ0v) is 13.2. The van der Waals surface area contributed by atoms with Crippen molar-refractivity contribution in [3.8, 4) is 5.75 Å². The Bertz CT molecular complexity index is 593. The Morgan fingerprint density at radius 3 is 2.30 bits per heavy atom. The fourth-order valence-corrected chi connectivity index (χ4v) is 2.68. The molecule has 1 N–H and O–H groups in total. The molecule has 0 radical (unpaired) electrons. The highest BCUT2D eigenvalue weighted by Crippen LogP contribution is 2.30. The maximum absolute atomic E-state index is 6.01. The van der Waals surface area contributed by atoms with Crippen LogP contribution in [-0.4, -0.2) is 7.11 Å². The average molecular weight is 310 g/mol. The largest absolute Gasteiger partial charge is 0.496 e. The van der Waals surface area contributed by atoms with Crippen molar-refractivity contribution in [2.24, 2.45) is 0 Å². The minimum Gasteiger partial charge on any atom is -0.496 e. The van der Waals surface area contributed by atoms with Gasteiger partial charge in [-0.3, -0.25) is 0 Å². The van der Waals surface area contributed by atoms with E-state index in [2.05, 4.69) is 25.2 Å². The van der Waals surface area contributed by atoms with E-state index in [0.29, 0.717) is 10.0 Å². The average Bonchev–Trinajstić information content (AvgIpc) is 2.37. The number of rotatable bonds is 4. The number of halogens is 2. The SMILES string of the molecule is COc1ccc(C)cc1C(C)Nc1cc(Cl)cc(Cl)c1. The quantitative estimate of drug-likeness (QED) is 0.807. The van der Waals surface area contributed by atoms with E-state index < -0.39 is 0 Å². The monoisotopic (exact) mass is 309 g/mol. The lowest BCUT2D eigenvalue weighted by Gasteiger charge is -2.19. The van der Waals surface area contributed by atoms with Crippen molar-refractivity contribution < 1.29 is 4.74 Å². The molecule has 2 rings (SSSR count). The zero-order valence-electron chi connectivity index (χ0n) is 11.7. The molecule has 0 bridgehead atoms. The topological polar surface area (TPSA) is 21.3 Å². The standard InChI is InChI=1S/C16H17Cl2NO/c1-10-4-5-16(20-3)15(6-10)11(2)19-14-8-12(17)7-13(18)9-14/h4-9,11,19H,1-3H3. The van der Waals surface area contributed by atoms with Gasteiger partial charge in [0, 0.05) is 21.3 Å². The first kappa shape index (κ1) is 15.0. The third kappa shape index (κ3) is 3.59. The number of nitrogens with one attached hydrogen (secondary N) is 1. The van der Waals surface area contributed by atoms with Crippen molar-refractivity contribution in [3.05, 3.63) is 57.6 Å². The number of anilines is 1. The molecule has 1 unspecified atom stereocenters. The first-order valence-electron chi connectivity index (χ1n) is 6.37. The van der Waals surface area contributed by atoms with Crippen LogP contribution in [0.4, 0.5) is 5.69 Å². The first-order valence-corrected chi connectivity index (χ1v) is 7.12. The summed E-state index contributed by atoms with van der Waals surface area (Å²) in [6.45, 7) is 4.14. The number of ether oxygens (including phenoxy) is 1. The molecule has 0 aliphatic carbocycles. The number of benzene rings is 2. The lowest BCUT2D eigenvalue weighted by Crippen LogP contribution is -2.08. The summed E-state index contributed by atoms with van der Waals surface area (Å²) in [4.78, 5) is 0. The predicted molar refractivity (Wildman–Crippen MR) is 86.2 cm³/mol. The molecule has 0 aliphatic heterocycles. The first-order chi connectivity index (χ1) is 9.49. The van der Waals surface area contributed by atoms with Gasteiger partial charge in [-0.15, -0.1) is 0 Å². The number of hydrogen-bond donors (Lipinski definition) is 1. The molecule has 0 saturated carbocycles. The van der Waals surface area contributed by atoms with Gasteiger partial charge in [-0.25, -0.2) is 0 Å². The second-order valence-corrected chi connectivity index (χ2v) is 5.64. The Hall–Kier alpha value is -1.38. The van der Waals surface area contributed by atoms with Crippen LogP contribution in [0.25, 0.3) is 0 Å². The molecular weight excluding hydrogens is 293 g/mol. The fourth-order valence-electron chi connectivity index (χ4n) is 2.16. The van der Waals surface area contributed by atoms with Crippen LogP contribution in [0.2, 0.25) is 10.0 Å². The van der Waals surface area contributed by atoms with E-state index in [1.165, 1.54) is 5.56 Å². The van der Waals surface area contributed by atoms with E-state index in [4.69, 9.17) is 27.9 Å². The van der Waals surface area contributed by atoms with E-state index in [1.807, 2.05) is 24.3 Å². The highest BCUT2D eigenvalue weighted by atomic mass is 35.5. The second-order valence-electron chi connectivity index (χ2n) is 4.77. The van der Waals surface area contributed by atoms with Crippen molar-refractivity contribution in [1.82, 2.24) is 0 Å². The summed E-state index contributed by atoms with van der Waals surface area (Å²) < 4.78 is 5.41. The highest BCUT2D eigenvalue weighted by molar-refractivity contribution is 6.35. The van der Waals surface area contributed by atoms with Crippen LogP contribution in [0.3, 0.4) is 0 Å². The molecule has 20 heavy (non-hydrogen) atoms. The number of aryl methyl sites for hydroxylation is 1. The van der Waals surface area contributed by atoms with Crippen LogP contribution < -0.4 is 10.1 Å². The number of methoxy groups -OCH3 is 1. The third-order valence-electron chi connectivity index (χ3n) is 3.10. The highest BCUT2D eigenvalue weighted by Gasteiger charge is 2.12. The summed E-state index contributed by atoms with van der Waals surface area (Å²) in [5.41, 5.74) is 3.18. The summed E-state index contributed by atoms with van der Waals surface area (Å²) in [5.74, 6) is 0.865. The Morgan fingerprint density at radius 2 is 1.70 bits per heavy atom. The summed E-state index contributed by atoms with van der Waals surface area (Å²) in [6.07, 6.45) is 0. The molecule has 0 heterocycles. The molecule has 0 aliphatic rings. The van der Waals surface area contributed by atoms with Gasteiger partial charge in [-0.05, 0) is 38.1 Å². The molecule has 2 aromatic carbocycles. The summed E-state index contributed by atoms with van der Waals surface area (Å²) in [5, 5.41) is 4.62. The lowest BCUT2D eigenvalue weighted by molar-refractivity contribution is 0.408. The molecule has 0 saturated heterocycles. The van der Waals surface area contributed by atoms with Gasteiger partial charge in [0.2, 0.25) is 0 Å². The van der Waals surface area contributed by atoms with Gasteiger partial charge in [0.05, 0.1) is 13.2 Å². The van der Waals surface area contributed by atoms with Crippen LogP contribution in [0.15, 0.2) is 36.4 Å². The van der Waals surface area contributed by atoms with Crippen LogP contribution in [0.1, 0.15) is 24.1 Å². The fraction of sp³-hybridized carbons (Fsp3) is 0.250. The molecule has 4 heteroatoms. The molecule has 1 atom stereocenters. The molecule has 2 nitrogen and oxygen atoms in total. The molecule has 0 aromatic heterocycles. The maximum Gasteiger partial charge on any atom is 0.124 e. The van der Waals surface area contributed by atoms with Crippen LogP contribution in [-0.2, 0) is 0 Å². The van der Waals surface area contributed by atoms with Crippen LogP contribution in [0, 0.1) is 6.92 Å². The maximum atomic E-state index is 6.01. The van der Waals surface area contributed by atoms with Crippen LogP contribution in [0.5, 0.6) is 5.75 Å². The minimum absolute atomic E-state index is 0.0828. The van der Waals surface area contributed by atoms with Gasteiger partial charge >= 0.3 is 0 Å². The molecule has 106 valence electrons. The number of hydrogen-bond acceptors (Lipinski definition) is 2. The smallest absolute Gasteiger partial charge is 0.124 e. The molecule has 0 amide bonds.